The number of rotatable bonds is 4. The molecule has 2 aliphatic rings. The fraction of sp³-hybridized carbons (Fsp3) is 0.250. The summed E-state index contributed by atoms with van der Waals surface area (Å²) in [6.07, 6.45) is 4.55. The molecule has 1 fully saturated rings. The van der Waals surface area contributed by atoms with Crippen molar-refractivity contribution in [3.05, 3.63) is 80.9 Å². The fourth-order valence-corrected chi connectivity index (χ4v) is 4.33. The maximum absolute atomic E-state index is 13.7. The number of aryl methyl sites for hydroxylation is 1. The molecule has 1 atom stereocenters. The topological polar surface area (TPSA) is 90.9 Å². The molecule has 4 heterocycles. The molecule has 2 amide bonds. The van der Waals surface area contributed by atoms with Crippen molar-refractivity contribution >= 4 is 23.8 Å². The number of ether oxygens (including phenoxy) is 1. The lowest BCUT2D eigenvalue weighted by Gasteiger charge is -2.41. The van der Waals surface area contributed by atoms with E-state index in [9.17, 15) is 18.4 Å². The number of hydrazone groups is 1. The Balaban J connectivity index is 1.26. The van der Waals surface area contributed by atoms with Crippen LogP contribution >= 0.6 is 11.6 Å². The lowest BCUT2D eigenvalue weighted by Crippen LogP contribution is -2.58. The molecule has 1 saturated heterocycles. The zero-order valence-electron chi connectivity index (χ0n) is 18.5. The van der Waals surface area contributed by atoms with E-state index in [4.69, 9.17) is 16.3 Å². The van der Waals surface area contributed by atoms with Gasteiger partial charge in [-0.3, -0.25) is 9.78 Å². The summed E-state index contributed by atoms with van der Waals surface area (Å²) in [5.74, 6) is -1.07. The van der Waals surface area contributed by atoms with Gasteiger partial charge in [0, 0.05) is 37.2 Å². The largest absolute Gasteiger partial charge is 0.485 e. The van der Waals surface area contributed by atoms with Gasteiger partial charge in [-0.05, 0) is 36.2 Å². The lowest BCUT2D eigenvalue weighted by atomic mass is 10.0. The van der Waals surface area contributed by atoms with E-state index in [2.05, 4.69) is 15.1 Å². The van der Waals surface area contributed by atoms with Crippen molar-refractivity contribution in [1.82, 2.24) is 19.9 Å². The second-order valence-corrected chi connectivity index (χ2v) is 8.80. The summed E-state index contributed by atoms with van der Waals surface area (Å²) >= 11 is 6.26. The van der Waals surface area contributed by atoms with Crippen LogP contribution in [-0.2, 0) is 0 Å². The van der Waals surface area contributed by atoms with Crippen LogP contribution in [0, 0.1) is 18.6 Å². The molecule has 0 unspecified atom stereocenters. The number of nitrogens with zero attached hydrogens (tertiary/aromatic N) is 4. The molecule has 0 aliphatic carbocycles. The van der Waals surface area contributed by atoms with Crippen molar-refractivity contribution in [2.24, 2.45) is 5.10 Å². The summed E-state index contributed by atoms with van der Waals surface area (Å²) < 4.78 is 33.3. The number of urea groups is 1. The van der Waals surface area contributed by atoms with Crippen molar-refractivity contribution in [1.29, 1.82) is 0 Å². The average Bonchev–Trinajstić information content (AvgIpc) is 3.26. The number of halogens is 3. The van der Waals surface area contributed by atoms with Gasteiger partial charge in [-0.25, -0.2) is 18.6 Å². The van der Waals surface area contributed by atoms with E-state index in [0.717, 1.165) is 11.6 Å². The van der Waals surface area contributed by atoms with Crippen LogP contribution < -0.4 is 10.3 Å². The highest BCUT2D eigenvalue weighted by Gasteiger charge is 2.39. The molecular formula is C24H20ClF2N5O3. The zero-order valence-corrected chi connectivity index (χ0v) is 19.3. The van der Waals surface area contributed by atoms with Gasteiger partial charge in [0.2, 0.25) is 0 Å². The van der Waals surface area contributed by atoms with E-state index in [1.807, 2.05) is 6.92 Å². The SMILES string of the molecule is Cc1cc[nH]c(=O)c1-c1cc(OC2CN(C(=O)N3N=CC[C@H]3c3cc(F)cc(F)c3)C2)c(Cl)cn1. The Hall–Kier alpha value is -3.79. The molecule has 35 heavy (non-hydrogen) atoms. The number of likely N-dealkylation sites (tertiary alicyclic amines) is 1. The van der Waals surface area contributed by atoms with Gasteiger partial charge in [-0.2, -0.15) is 5.10 Å². The number of amides is 2. The Morgan fingerprint density at radius 3 is 2.66 bits per heavy atom. The van der Waals surface area contributed by atoms with Crippen molar-refractivity contribution in [2.45, 2.75) is 25.5 Å². The van der Waals surface area contributed by atoms with E-state index in [1.165, 1.54) is 28.2 Å². The van der Waals surface area contributed by atoms with Crippen molar-refractivity contribution in [3.63, 3.8) is 0 Å². The lowest BCUT2D eigenvalue weighted by molar-refractivity contribution is 0.0277. The van der Waals surface area contributed by atoms with E-state index in [1.54, 1.807) is 24.5 Å². The van der Waals surface area contributed by atoms with Gasteiger partial charge < -0.3 is 14.6 Å². The molecule has 2 aromatic heterocycles. The molecule has 3 aromatic rings. The minimum atomic E-state index is -0.710. The Morgan fingerprint density at radius 1 is 1.20 bits per heavy atom. The van der Waals surface area contributed by atoms with Gasteiger partial charge in [0.25, 0.3) is 5.56 Å². The number of H-pyrrole nitrogens is 1. The summed E-state index contributed by atoms with van der Waals surface area (Å²) in [5, 5.41) is 5.62. The van der Waals surface area contributed by atoms with Crippen molar-refractivity contribution < 1.29 is 18.3 Å². The third-order valence-corrected chi connectivity index (χ3v) is 6.24. The molecule has 5 rings (SSSR count). The van der Waals surface area contributed by atoms with Gasteiger partial charge >= 0.3 is 6.03 Å². The first-order valence-electron chi connectivity index (χ1n) is 10.9. The van der Waals surface area contributed by atoms with Gasteiger partial charge in [-0.15, -0.1) is 0 Å². The molecule has 180 valence electrons. The highest BCUT2D eigenvalue weighted by Crippen LogP contribution is 2.33. The van der Waals surface area contributed by atoms with Gasteiger partial charge in [0.05, 0.1) is 30.4 Å². The first kappa shape index (κ1) is 23.0. The van der Waals surface area contributed by atoms with Crippen molar-refractivity contribution in [2.75, 3.05) is 13.1 Å². The summed E-state index contributed by atoms with van der Waals surface area (Å²) in [5.41, 5.74) is 1.67. The first-order chi connectivity index (χ1) is 16.8. The number of nitrogens with one attached hydrogen (secondary N) is 1. The van der Waals surface area contributed by atoms with Crippen LogP contribution in [0.25, 0.3) is 11.3 Å². The summed E-state index contributed by atoms with van der Waals surface area (Å²) in [6, 6.07) is 5.59. The predicted molar refractivity (Wildman–Crippen MR) is 125 cm³/mol. The standard InChI is InChI=1S/C24H20ClF2N5O3/c1-13-2-4-28-23(33)22(13)19-9-21(18(25)10-29-19)35-17-11-31(12-17)24(34)32-20(3-5-30-32)14-6-15(26)8-16(27)7-14/h2,4-10,17,20H,3,11-12H2,1H3,(H,28,33)/t20-/m0/s1. The summed E-state index contributed by atoms with van der Waals surface area (Å²) in [4.78, 5) is 33.7. The number of pyridine rings is 2. The van der Waals surface area contributed by atoms with Crippen LogP contribution in [0.2, 0.25) is 5.02 Å². The second-order valence-electron chi connectivity index (χ2n) is 8.39. The molecule has 11 heteroatoms. The van der Waals surface area contributed by atoms with Crippen LogP contribution in [-0.4, -0.2) is 51.3 Å². The molecule has 1 aromatic carbocycles. The van der Waals surface area contributed by atoms with E-state index < -0.39 is 17.7 Å². The summed E-state index contributed by atoms with van der Waals surface area (Å²) in [7, 11) is 0. The maximum atomic E-state index is 13.7. The monoisotopic (exact) mass is 499 g/mol. The van der Waals surface area contributed by atoms with E-state index in [0.29, 0.717) is 29.0 Å². The maximum Gasteiger partial charge on any atom is 0.341 e. The van der Waals surface area contributed by atoms with Gasteiger partial charge in [-0.1, -0.05) is 11.6 Å². The Bertz CT molecular complexity index is 1370. The Kier molecular flexibility index (Phi) is 5.98. The molecule has 0 bridgehead atoms. The van der Waals surface area contributed by atoms with Crippen LogP contribution in [0.1, 0.15) is 23.6 Å². The first-order valence-corrected chi connectivity index (χ1v) is 11.3. The van der Waals surface area contributed by atoms with E-state index >= 15 is 0 Å². The van der Waals surface area contributed by atoms with E-state index in [-0.39, 0.29) is 35.8 Å². The highest BCUT2D eigenvalue weighted by atomic mass is 35.5. The second kappa shape index (κ2) is 9.10. The summed E-state index contributed by atoms with van der Waals surface area (Å²) in [6.45, 7) is 2.35. The van der Waals surface area contributed by atoms with Crippen LogP contribution in [0.3, 0.4) is 0 Å². The minimum Gasteiger partial charge on any atom is -0.485 e. The molecule has 8 nitrogen and oxygen atoms in total. The highest BCUT2D eigenvalue weighted by molar-refractivity contribution is 6.32. The van der Waals surface area contributed by atoms with Crippen LogP contribution in [0.15, 0.2) is 52.6 Å². The number of benzene rings is 1. The number of hydrogen-bond acceptors (Lipinski definition) is 5. The number of carbonyl (C=O) groups is 1. The molecule has 0 saturated carbocycles. The number of carbonyl (C=O) groups excluding carboxylic acids is 1. The number of aromatic nitrogens is 2. The average molecular weight is 500 g/mol. The minimum absolute atomic E-state index is 0.272. The molecular weight excluding hydrogens is 480 g/mol. The third-order valence-electron chi connectivity index (χ3n) is 5.95. The molecule has 0 spiro atoms. The smallest absolute Gasteiger partial charge is 0.341 e. The number of aromatic amines is 1. The molecule has 1 N–H and O–H groups in total. The van der Waals surface area contributed by atoms with Crippen LogP contribution in [0.5, 0.6) is 5.75 Å². The Morgan fingerprint density at radius 2 is 1.94 bits per heavy atom. The van der Waals surface area contributed by atoms with Crippen LogP contribution in [0.4, 0.5) is 13.6 Å². The third kappa shape index (κ3) is 4.49. The number of hydrogen-bond donors (Lipinski definition) is 1. The molecule has 2 aliphatic heterocycles. The van der Waals surface area contributed by atoms with Gasteiger partial charge in [0.15, 0.2) is 0 Å². The predicted octanol–water partition coefficient (Wildman–Crippen LogP) is 4.29. The molecule has 0 radical (unpaired) electrons. The van der Waals surface area contributed by atoms with Gasteiger partial charge in [0.1, 0.15) is 28.5 Å². The Labute approximate surface area is 203 Å². The van der Waals surface area contributed by atoms with Crippen molar-refractivity contribution in [3.8, 4) is 17.0 Å². The fourth-order valence-electron chi connectivity index (χ4n) is 4.18. The quantitative estimate of drug-likeness (QED) is 0.579. The normalized spacial score (nSPS) is 17.5. The zero-order chi connectivity index (χ0) is 24.7.